The van der Waals surface area contributed by atoms with Crippen LogP contribution in [0.25, 0.3) is 0 Å². The van der Waals surface area contributed by atoms with Crippen LogP contribution in [-0.4, -0.2) is 32.6 Å². The Bertz CT molecular complexity index is 698. The first-order chi connectivity index (χ1) is 11.6. The summed E-state index contributed by atoms with van der Waals surface area (Å²) in [4.78, 5) is 23.7. The van der Waals surface area contributed by atoms with Gasteiger partial charge < -0.3 is 20.1 Å². The van der Waals surface area contributed by atoms with E-state index in [9.17, 15) is 9.59 Å². The summed E-state index contributed by atoms with van der Waals surface area (Å²) in [6, 6.07) is 14.4. The van der Waals surface area contributed by atoms with Crippen LogP contribution in [0.5, 0.6) is 11.5 Å². The fourth-order valence-electron chi connectivity index (χ4n) is 2.08. The summed E-state index contributed by atoms with van der Waals surface area (Å²) >= 11 is 0. The van der Waals surface area contributed by atoms with Crippen LogP contribution < -0.4 is 20.1 Å². The van der Waals surface area contributed by atoms with E-state index < -0.39 is 11.8 Å². The number of hydrogen-bond donors (Lipinski definition) is 2. The van der Waals surface area contributed by atoms with Gasteiger partial charge in [-0.25, -0.2) is 0 Å². The number of carbonyl (C=O) groups excluding carboxylic acids is 2. The standard InChI is InChI=1S/C18H20N2O4/c1-23-15-8-6-13(7-9-15)10-11-19-17(21)18(22)20-14-4-3-5-16(12-14)24-2/h3-9,12H,10-11H2,1-2H3,(H,19,21)(H,20,22). The molecular weight excluding hydrogens is 308 g/mol. The lowest BCUT2D eigenvalue weighted by Gasteiger charge is -2.08. The Morgan fingerprint density at radius 2 is 1.62 bits per heavy atom. The van der Waals surface area contributed by atoms with Crippen molar-refractivity contribution < 1.29 is 19.1 Å². The maximum atomic E-state index is 11.9. The highest BCUT2D eigenvalue weighted by molar-refractivity contribution is 6.39. The van der Waals surface area contributed by atoms with Crippen molar-refractivity contribution in [3.05, 3.63) is 54.1 Å². The Kier molecular flexibility index (Phi) is 6.19. The van der Waals surface area contributed by atoms with Crippen LogP contribution in [0.15, 0.2) is 48.5 Å². The van der Waals surface area contributed by atoms with E-state index in [1.807, 2.05) is 24.3 Å². The molecule has 0 aliphatic carbocycles. The minimum atomic E-state index is -0.710. The van der Waals surface area contributed by atoms with E-state index in [-0.39, 0.29) is 0 Å². The van der Waals surface area contributed by atoms with Gasteiger partial charge in [-0.1, -0.05) is 18.2 Å². The summed E-state index contributed by atoms with van der Waals surface area (Å²) in [7, 11) is 3.14. The molecule has 0 saturated heterocycles. The van der Waals surface area contributed by atoms with Crippen molar-refractivity contribution in [2.24, 2.45) is 0 Å². The average Bonchev–Trinajstić information content (AvgIpc) is 2.62. The Morgan fingerprint density at radius 3 is 2.29 bits per heavy atom. The Hall–Kier alpha value is -3.02. The number of anilines is 1. The minimum absolute atomic E-state index is 0.372. The molecule has 0 atom stereocenters. The lowest BCUT2D eigenvalue weighted by atomic mass is 10.1. The maximum absolute atomic E-state index is 11.9. The first-order valence-corrected chi connectivity index (χ1v) is 7.48. The number of hydrogen-bond acceptors (Lipinski definition) is 4. The first kappa shape index (κ1) is 17.3. The highest BCUT2D eigenvalue weighted by Gasteiger charge is 2.13. The van der Waals surface area contributed by atoms with E-state index in [2.05, 4.69) is 10.6 Å². The Labute approximate surface area is 140 Å². The van der Waals surface area contributed by atoms with Gasteiger partial charge in [-0.05, 0) is 36.2 Å². The second kappa shape index (κ2) is 8.57. The number of amides is 2. The van der Waals surface area contributed by atoms with E-state index in [0.717, 1.165) is 11.3 Å². The van der Waals surface area contributed by atoms with Crippen LogP contribution >= 0.6 is 0 Å². The van der Waals surface area contributed by atoms with Gasteiger partial charge in [0.15, 0.2) is 0 Å². The molecule has 6 heteroatoms. The molecule has 0 spiro atoms. The van der Waals surface area contributed by atoms with Gasteiger partial charge in [0.25, 0.3) is 0 Å². The van der Waals surface area contributed by atoms with Crippen molar-refractivity contribution in [2.45, 2.75) is 6.42 Å². The van der Waals surface area contributed by atoms with Crippen molar-refractivity contribution in [1.29, 1.82) is 0 Å². The van der Waals surface area contributed by atoms with E-state index in [1.165, 1.54) is 7.11 Å². The van der Waals surface area contributed by atoms with Crippen molar-refractivity contribution in [2.75, 3.05) is 26.1 Å². The van der Waals surface area contributed by atoms with Crippen molar-refractivity contribution >= 4 is 17.5 Å². The van der Waals surface area contributed by atoms with Gasteiger partial charge in [0, 0.05) is 18.3 Å². The molecule has 0 saturated carbocycles. The van der Waals surface area contributed by atoms with E-state index in [4.69, 9.17) is 9.47 Å². The third-order valence-corrected chi connectivity index (χ3v) is 3.39. The smallest absolute Gasteiger partial charge is 0.313 e. The van der Waals surface area contributed by atoms with Crippen LogP contribution in [0.3, 0.4) is 0 Å². The molecule has 0 fully saturated rings. The van der Waals surface area contributed by atoms with Crippen LogP contribution in [0, 0.1) is 0 Å². The predicted octanol–water partition coefficient (Wildman–Crippen LogP) is 2.00. The topological polar surface area (TPSA) is 76.7 Å². The summed E-state index contributed by atoms with van der Waals surface area (Å²) in [5.74, 6) is -0.00233. The monoisotopic (exact) mass is 328 g/mol. The molecule has 0 aliphatic rings. The molecule has 6 nitrogen and oxygen atoms in total. The van der Waals surface area contributed by atoms with Crippen LogP contribution in [0.1, 0.15) is 5.56 Å². The SMILES string of the molecule is COc1ccc(CCNC(=O)C(=O)Nc2cccc(OC)c2)cc1. The fraction of sp³-hybridized carbons (Fsp3) is 0.222. The number of methoxy groups -OCH3 is 2. The normalized spacial score (nSPS) is 9.92. The van der Waals surface area contributed by atoms with Crippen molar-refractivity contribution in [1.82, 2.24) is 5.32 Å². The second-order valence-corrected chi connectivity index (χ2v) is 5.04. The highest BCUT2D eigenvalue weighted by atomic mass is 16.5. The predicted molar refractivity (Wildman–Crippen MR) is 91.3 cm³/mol. The van der Waals surface area contributed by atoms with Crippen molar-refractivity contribution in [3.8, 4) is 11.5 Å². The molecular formula is C18H20N2O4. The highest BCUT2D eigenvalue weighted by Crippen LogP contribution is 2.16. The molecule has 0 aromatic heterocycles. The van der Waals surface area contributed by atoms with E-state index in [0.29, 0.717) is 24.4 Å². The van der Waals surface area contributed by atoms with Gasteiger partial charge in [-0.2, -0.15) is 0 Å². The molecule has 0 radical (unpaired) electrons. The quantitative estimate of drug-likeness (QED) is 0.795. The fourth-order valence-corrected chi connectivity index (χ4v) is 2.08. The zero-order valence-electron chi connectivity index (χ0n) is 13.7. The van der Waals surface area contributed by atoms with Gasteiger partial charge in [0.1, 0.15) is 11.5 Å². The first-order valence-electron chi connectivity index (χ1n) is 7.48. The molecule has 2 amide bonds. The zero-order chi connectivity index (χ0) is 17.4. The number of nitrogens with one attached hydrogen (secondary N) is 2. The van der Waals surface area contributed by atoms with Gasteiger partial charge >= 0.3 is 11.8 Å². The van der Waals surface area contributed by atoms with Gasteiger partial charge in [0.2, 0.25) is 0 Å². The molecule has 24 heavy (non-hydrogen) atoms. The van der Waals surface area contributed by atoms with E-state index in [1.54, 1.807) is 31.4 Å². The molecule has 0 aliphatic heterocycles. The number of rotatable bonds is 6. The van der Waals surface area contributed by atoms with Gasteiger partial charge in [0.05, 0.1) is 14.2 Å². The molecule has 0 bridgehead atoms. The van der Waals surface area contributed by atoms with Gasteiger partial charge in [-0.3, -0.25) is 9.59 Å². The molecule has 0 unspecified atom stereocenters. The van der Waals surface area contributed by atoms with Crippen LogP contribution in [0.4, 0.5) is 5.69 Å². The lowest BCUT2D eigenvalue weighted by Crippen LogP contribution is -2.36. The van der Waals surface area contributed by atoms with E-state index >= 15 is 0 Å². The third kappa shape index (κ3) is 5.01. The van der Waals surface area contributed by atoms with Crippen molar-refractivity contribution in [3.63, 3.8) is 0 Å². The summed E-state index contributed by atoms with van der Waals surface area (Å²) in [6.07, 6.45) is 0.627. The third-order valence-electron chi connectivity index (χ3n) is 3.39. The molecule has 0 heterocycles. The molecule has 2 aromatic rings. The average molecular weight is 328 g/mol. The zero-order valence-corrected chi connectivity index (χ0v) is 13.7. The molecule has 2 N–H and O–H groups in total. The van der Waals surface area contributed by atoms with Crippen LogP contribution in [-0.2, 0) is 16.0 Å². The Morgan fingerprint density at radius 1 is 0.917 bits per heavy atom. The lowest BCUT2D eigenvalue weighted by molar-refractivity contribution is -0.136. The maximum Gasteiger partial charge on any atom is 0.313 e. The summed E-state index contributed by atoms with van der Waals surface area (Å²) in [5.41, 5.74) is 1.55. The molecule has 126 valence electrons. The number of carbonyl (C=O) groups is 2. The molecule has 2 rings (SSSR count). The Balaban J connectivity index is 1.79. The second-order valence-electron chi connectivity index (χ2n) is 5.04. The van der Waals surface area contributed by atoms with Crippen LogP contribution in [0.2, 0.25) is 0 Å². The summed E-state index contributed by atoms with van der Waals surface area (Å²) in [6.45, 7) is 0.372. The largest absolute Gasteiger partial charge is 0.497 e. The van der Waals surface area contributed by atoms with Gasteiger partial charge in [-0.15, -0.1) is 0 Å². The summed E-state index contributed by atoms with van der Waals surface area (Å²) in [5, 5.41) is 5.13. The minimum Gasteiger partial charge on any atom is -0.497 e. The summed E-state index contributed by atoms with van der Waals surface area (Å²) < 4.78 is 10.2. The number of benzene rings is 2. The number of ether oxygens (including phenoxy) is 2. The molecule has 2 aromatic carbocycles.